The Balaban J connectivity index is 2.19. The first-order chi connectivity index (χ1) is 13.9. The van der Waals surface area contributed by atoms with Gasteiger partial charge in [-0.2, -0.15) is 0 Å². The van der Waals surface area contributed by atoms with Gasteiger partial charge in [-0.05, 0) is 75.9 Å². The third-order valence-electron chi connectivity index (χ3n) is 4.00. The van der Waals surface area contributed by atoms with Crippen LogP contribution >= 0.6 is 45.2 Å². The largest absolute Gasteiger partial charge is 0.465 e. The number of carbonyl (C=O) groups excluding carboxylic acids is 1. The van der Waals surface area contributed by atoms with Gasteiger partial charge in [0.1, 0.15) is 0 Å². The minimum Gasteiger partial charge on any atom is -0.465 e. The Labute approximate surface area is 198 Å². The number of pyridine rings is 2. The van der Waals surface area contributed by atoms with Crippen molar-refractivity contribution in [3.63, 3.8) is 0 Å². The maximum absolute atomic E-state index is 12.3. The zero-order valence-electron chi connectivity index (χ0n) is 16.3. The fourth-order valence-corrected chi connectivity index (χ4v) is 4.16. The quantitative estimate of drug-likeness (QED) is 0.225. The number of aliphatic hydroxyl groups excluding tert-OH is 2. The SMILES string of the molecule is CCCCOC(=O)CN(Cc1cc(I)cc(CO)n1)Cc1cc(I)cc(CO)n1. The summed E-state index contributed by atoms with van der Waals surface area (Å²) in [7, 11) is 0. The summed E-state index contributed by atoms with van der Waals surface area (Å²) in [4.78, 5) is 23.1. The molecule has 2 heterocycles. The second-order valence-corrected chi connectivity index (χ2v) is 9.06. The number of esters is 1. The Bertz CT molecular complexity index is 765. The molecule has 0 saturated carbocycles. The van der Waals surface area contributed by atoms with Crippen LogP contribution in [0.25, 0.3) is 0 Å². The molecule has 0 bridgehead atoms. The molecule has 0 radical (unpaired) electrons. The van der Waals surface area contributed by atoms with Crippen molar-refractivity contribution < 1.29 is 19.7 Å². The van der Waals surface area contributed by atoms with E-state index in [2.05, 4.69) is 55.1 Å². The van der Waals surface area contributed by atoms with Gasteiger partial charge in [-0.25, -0.2) is 0 Å². The Hall–Kier alpha value is -0.890. The molecule has 2 rings (SSSR count). The number of rotatable bonds is 11. The van der Waals surface area contributed by atoms with Gasteiger partial charge in [0.05, 0.1) is 49.1 Å². The molecule has 29 heavy (non-hydrogen) atoms. The maximum atomic E-state index is 12.3. The molecule has 2 aromatic heterocycles. The highest BCUT2D eigenvalue weighted by molar-refractivity contribution is 14.1. The number of ether oxygens (including phenoxy) is 1. The van der Waals surface area contributed by atoms with Crippen LogP contribution in [-0.4, -0.2) is 44.2 Å². The van der Waals surface area contributed by atoms with E-state index < -0.39 is 0 Å². The number of aromatic nitrogens is 2. The number of nitrogens with zero attached hydrogens (tertiary/aromatic N) is 3. The zero-order chi connectivity index (χ0) is 21.2. The van der Waals surface area contributed by atoms with Gasteiger partial charge in [0.25, 0.3) is 0 Å². The molecule has 2 aromatic rings. The normalized spacial score (nSPS) is 11.1. The minimum atomic E-state index is -0.292. The molecule has 0 spiro atoms. The Morgan fingerprint density at radius 2 is 1.45 bits per heavy atom. The summed E-state index contributed by atoms with van der Waals surface area (Å²) >= 11 is 4.37. The summed E-state index contributed by atoms with van der Waals surface area (Å²) in [5, 5.41) is 18.8. The molecule has 0 aromatic carbocycles. The number of aliphatic hydroxyl groups is 2. The maximum Gasteiger partial charge on any atom is 0.320 e. The highest BCUT2D eigenvalue weighted by Crippen LogP contribution is 2.15. The van der Waals surface area contributed by atoms with Gasteiger partial charge < -0.3 is 14.9 Å². The number of halogens is 2. The van der Waals surface area contributed by atoms with E-state index in [4.69, 9.17) is 4.74 Å². The first kappa shape index (κ1) is 24.4. The molecule has 0 aliphatic carbocycles. The van der Waals surface area contributed by atoms with Crippen LogP contribution in [0, 0.1) is 7.14 Å². The molecule has 0 amide bonds. The van der Waals surface area contributed by atoms with Crippen molar-refractivity contribution in [2.24, 2.45) is 0 Å². The molecule has 7 nitrogen and oxygen atoms in total. The van der Waals surface area contributed by atoms with Gasteiger partial charge in [0.15, 0.2) is 0 Å². The van der Waals surface area contributed by atoms with Crippen LogP contribution in [0.2, 0.25) is 0 Å². The fourth-order valence-electron chi connectivity index (χ4n) is 2.73. The van der Waals surface area contributed by atoms with Crippen molar-refractivity contribution in [2.75, 3.05) is 13.2 Å². The van der Waals surface area contributed by atoms with Crippen LogP contribution in [0.5, 0.6) is 0 Å². The highest BCUT2D eigenvalue weighted by atomic mass is 127. The zero-order valence-corrected chi connectivity index (χ0v) is 20.6. The molecule has 158 valence electrons. The summed E-state index contributed by atoms with van der Waals surface area (Å²) in [6.07, 6.45) is 1.80. The van der Waals surface area contributed by atoms with Crippen LogP contribution in [0.15, 0.2) is 24.3 Å². The van der Waals surface area contributed by atoms with Crippen molar-refractivity contribution in [2.45, 2.75) is 46.1 Å². The molecular formula is C20H25I2N3O4. The molecule has 0 unspecified atom stereocenters. The first-order valence-corrected chi connectivity index (χ1v) is 11.5. The van der Waals surface area contributed by atoms with Crippen LogP contribution in [-0.2, 0) is 35.8 Å². The summed E-state index contributed by atoms with van der Waals surface area (Å²) < 4.78 is 7.26. The van der Waals surface area contributed by atoms with E-state index in [1.807, 2.05) is 36.1 Å². The van der Waals surface area contributed by atoms with Crippen LogP contribution in [0.4, 0.5) is 0 Å². The molecule has 9 heteroatoms. The Kier molecular flexibility index (Phi) is 10.7. The van der Waals surface area contributed by atoms with E-state index >= 15 is 0 Å². The van der Waals surface area contributed by atoms with Gasteiger partial charge in [0.2, 0.25) is 0 Å². The lowest BCUT2D eigenvalue weighted by atomic mass is 10.2. The topological polar surface area (TPSA) is 95.8 Å². The average molecular weight is 625 g/mol. The van der Waals surface area contributed by atoms with Crippen LogP contribution in [0.3, 0.4) is 0 Å². The minimum absolute atomic E-state index is 0.104. The summed E-state index contributed by atoms with van der Waals surface area (Å²) in [5.41, 5.74) is 2.70. The Morgan fingerprint density at radius 1 is 0.966 bits per heavy atom. The van der Waals surface area contributed by atoms with E-state index in [1.165, 1.54) is 0 Å². The smallest absolute Gasteiger partial charge is 0.320 e. The van der Waals surface area contributed by atoms with Crippen molar-refractivity contribution in [3.8, 4) is 0 Å². The van der Waals surface area contributed by atoms with Gasteiger partial charge >= 0.3 is 5.97 Å². The van der Waals surface area contributed by atoms with E-state index in [1.54, 1.807) is 0 Å². The number of carbonyl (C=O) groups is 1. The van der Waals surface area contributed by atoms with E-state index in [0.29, 0.717) is 31.1 Å². The van der Waals surface area contributed by atoms with Gasteiger partial charge in [0, 0.05) is 20.2 Å². The molecule has 0 atom stereocenters. The monoisotopic (exact) mass is 625 g/mol. The van der Waals surface area contributed by atoms with Crippen molar-refractivity contribution in [1.82, 2.24) is 14.9 Å². The first-order valence-electron chi connectivity index (χ1n) is 9.33. The fraction of sp³-hybridized carbons (Fsp3) is 0.450. The van der Waals surface area contributed by atoms with Gasteiger partial charge in [-0.1, -0.05) is 13.3 Å². The summed E-state index contributed by atoms with van der Waals surface area (Å²) in [6.45, 7) is 3.11. The lowest BCUT2D eigenvalue weighted by Gasteiger charge is -2.21. The lowest BCUT2D eigenvalue weighted by Crippen LogP contribution is -2.31. The predicted molar refractivity (Wildman–Crippen MR) is 126 cm³/mol. The number of hydrogen-bond acceptors (Lipinski definition) is 7. The second-order valence-electron chi connectivity index (χ2n) is 6.57. The molecule has 0 saturated heterocycles. The third-order valence-corrected chi connectivity index (χ3v) is 5.25. The standard InChI is InChI=1S/C20H25I2N3O4/c1-2-3-4-29-20(28)11-25(9-16-5-14(21)7-18(12-26)23-16)10-17-6-15(22)8-19(13-27)24-17/h5-8,26-27H,2-4,9-13H2,1H3. The summed E-state index contributed by atoms with van der Waals surface area (Å²) in [6, 6.07) is 7.50. The molecule has 2 N–H and O–H groups in total. The van der Waals surface area contributed by atoms with Crippen molar-refractivity contribution in [3.05, 3.63) is 54.2 Å². The number of hydrogen-bond donors (Lipinski definition) is 2. The molecular weight excluding hydrogens is 600 g/mol. The predicted octanol–water partition coefficient (Wildman–Crippen LogP) is 3.02. The van der Waals surface area contributed by atoms with Gasteiger partial charge in [-0.15, -0.1) is 0 Å². The third kappa shape index (κ3) is 8.79. The molecule has 0 fully saturated rings. The molecule has 0 aliphatic rings. The average Bonchev–Trinajstić information content (AvgIpc) is 2.67. The van der Waals surface area contributed by atoms with Crippen molar-refractivity contribution >= 4 is 51.2 Å². The van der Waals surface area contributed by atoms with E-state index in [0.717, 1.165) is 31.4 Å². The highest BCUT2D eigenvalue weighted by Gasteiger charge is 2.16. The molecule has 0 aliphatic heterocycles. The van der Waals surface area contributed by atoms with Crippen LogP contribution < -0.4 is 0 Å². The van der Waals surface area contributed by atoms with Crippen molar-refractivity contribution in [1.29, 1.82) is 0 Å². The lowest BCUT2D eigenvalue weighted by molar-refractivity contribution is -0.145. The van der Waals surface area contributed by atoms with Crippen LogP contribution in [0.1, 0.15) is 42.5 Å². The van der Waals surface area contributed by atoms with E-state index in [-0.39, 0.29) is 25.7 Å². The van der Waals surface area contributed by atoms with E-state index in [9.17, 15) is 15.0 Å². The summed E-state index contributed by atoms with van der Waals surface area (Å²) in [5.74, 6) is -0.292. The second kappa shape index (κ2) is 12.7. The van der Waals surface area contributed by atoms with Gasteiger partial charge in [-0.3, -0.25) is 19.7 Å². The Morgan fingerprint density at radius 3 is 1.90 bits per heavy atom. The number of unbranched alkanes of at least 4 members (excludes halogenated alkanes) is 1.